The van der Waals surface area contributed by atoms with E-state index in [1.54, 1.807) is 6.08 Å². The van der Waals surface area contributed by atoms with Gasteiger partial charge >= 0.3 is 6.09 Å². The van der Waals surface area contributed by atoms with Gasteiger partial charge in [0.1, 0.15) is 0 Å². The van der Waals surface area contributed by atoms with Gasteiger partial charge in [-0.2, -0.15) is 0 Å². The van der Waals surface area contributed by atoms with Crippen LogP contribution in [0.15, 0.2) is 72.8 Å². The first kappa shape index (κ1) is 21.1. The number of nitrogens with zero attached hydrogens (tertiary/aromatic N) is 1. The molecule has 2 unspecified atom stereocenters. The standard InChI is InChI=1S/C26H27NO4/c28-15-3-4-19-7-11-22(12-8-19)24-13-14-27(26(29)30)17-25(24)31-18-20-9-10-21-5-1-2-6-23(21)16-20/h1-12,16,24-25,28H,13-15,17-18H2,(H,29,30). The van der Waals surface area contributed by atoms with E-state index in [9.17, 15) is 9.90 Å². The minimum absolute atomic E-state index is 0.0140. The second-order valence-corrected chi connectivity index (χ2v) is 7.91. The van der Waals surface area contributed by atoms with Crippen molar-refractivity contribution < 1.29 is 19.7 Å². The zero-order valence-electron chi connectivity index (χ0n) is 17.4. The minimum Gasteiger partial charge on any atom is -0.465 e. The Kier molecular flexibility index (Phi) is 6.65. The number of hydrogen-bond donors (Lipinski definition) is 2. The Bertz CT molecular complexity index is 1060. The highest BCUT2D eigenvalue weighted by Gasteiger charge is 2.33. The Morgan fingerprint density at radius 3 is 2.58 bits per heavy atom. The maximum Gasteiger partial charge on any atom is 0.407 e. The van der Waals surface area contributed by atoms with Crippen molar-refractivity contribution >= 4 is 22.9 Å². The number of ether oxygens (including phenoxy) is 1. The van der Waals surface area contributed by atoms with Crippen molar-refractivity contribution in [3.05, 3.63) is 89.5 Å². The van der Waals surface area contributed by atoms with Crippen molar-refractivity contribution in [2.24, 2.45) is 0 Å². The third-order valence-electron chi connectivity index (χ3n) is 5.89. The molecule has 1 heterocycles. The highest BCUT2D eigenvalue weighted by atomic mass is 16.5. The highest BCUT2D eigenvalue weighted by Crippen LogP contribution is 2.32. The number of fused-ring (bicyclic) bond motifs is 1. The van der Waals surface area contributed by atoms with Gasteiger partial charge < -0.3 is 19.8 Å². The summed E-state index contributed by atoms with van der Waals surface area (Å²) in [5.41, 5.74) is 3.25. The Morgan fingerprint density at radius 1 is 1.06 bits per heavy atom. The molecule has 31 heavy (non-hydrogen) atoms. The molecule has 1 amide bonds. The topological polar surface area (TPSA) is 70.0 Å². The highest BCUT2D eigenvalue weighted by molar-refractivity contribution is 5.82. The Hall–Kier alpha value is -3.15. The summed E-state index contributed by atoms with van der Waals surface area (Å²) in [6.07, 6.45) is 3.19. The normalized spacial score (nSPS) is 19.2. The second kappa shape index (κ2) is 9.77. The van der Waals surface area contributed by atoms with E-state index in [0.29, 0.717) is 19.7 Å². The van der Waals surface area contributed by atoms with Crippen LogP contribution in [0.1, 0.15) is 29.0 Å². The summed E-state index contributed by atoms with van der Waals surface area (Å²) in [7, 11) is 0. The summed E-state index contributed by atoms with van der Waals surface area (Å²) >= 11 is 0. The maximum absolute atomic E-state index is 11.6. The molecule has 0 radical (unpaired) electrons. The molecule has 0 spiro atoms. The van der Waals surface area contributed by atoms with Crippen LogP contribution in [0.3, 0.4) is 0 Å². The average Bonchev–Trinajstić information content (AvgIpc) is 2.81. The largest absolute Gasteiger partial charge is 0.465 e. The molecule has 0 aromatic heterocycles. The molecule has 0 saturated carbocycles. The van der Waals surface area contributed by atoms with Crippen LogP contribution in [0, 0.1) is 0 Å². The van der Waals surface area contributed by atoms with E-state index in [1.165, 1.54) is 15.7 Å². The molecule has 160 valence electrons. The number of amides is 1. The fraction of sp³-hybridized carbons (Fsp3) is 0.269. The van der Waals surface area contributed by atoms with Gasteiger partial charge in [-0.1, -0.05) is 72.8 Å². The molecule has 1 saturated heterocycles. The monoisotopic (exact) mass is 417 g/mol. The molecule has 5 nitrogen and oxygen atoms in total. The fourth-order valence-electron chi connectivity index (χ4n) is 4.22. The number of aliphatic hydroxyl groups excluding tert-OH is 1. The first-order valence-corrected chi connectivity index (χ1v) is 10.6. The lowest BCUT2D eigenvalue weighted by Crippen LogP contribution is -2.46. The zero-order valence-corrected chi connectivity index (χ0v) is 17.4. The molecule has 1 fully saturated rings. The van der Waals surface area contributed by atoms with E-state index < -0.39 is 6.09 Å². The first-order valence-electron chi connectivity index (χ1n) is 10.6. The van der Waals surface area contributed by atoms with Gasteiger partial charge in [-0.15, -0.1) is 0 Å². The van der Waals surface area contributed by atoms with Gasteiger partial charge in [0, 0.05) is 12.5 Å². The predicted octanol–water partition coefficient (Wildman–Crippen LogP) is 4.90. The molecule has 1 aliphatic heterocycles. The van der Waals surface area contributed by atoms with Crippen molar-refractivity contribution in [3.8, 4) is 0 Å². The number of carbonyl (C=O) groups is 1. The van der Waals surface area contributed by atoms with Crippen LogP contribution < -0.4 is 0 Å². The van der Waals surface area contributed by atoms with E-state index in [4.69, 9.17) is 9.84 Å². The SMILES string of the molecule is O=C(O)N1CCC(c2ccc(C=CCO)cc2)C(OCc2ccc3ccccc3c2)C1. The second-order valence-electron chi connectivity index (χ2n) is 7.91. The maximum atomic E-state index is 11.6. The van der Waals surface area contributed by atoms with Gasteiger partial charge in [0.25, 0.3) is 0 Å². The number of benzene rings is 3. The van der Waals surface area contributed by atoms with E-state index in [2.05, 4.69) is 42.5 Å². The van der Waals surface area contributed by atoms with E-state index in [0.717, 1.165) is 23.1 Å². The van der Waals surface area contributed by atoms with Crippen LogP contribution >= 0.6 is 0 Å². The van der Waals surface area contributed by atoms with Crippen LogP contribution in [-0.2, 0) is 11.3 Å². The summed E-state index contributed by atoms with van der Waals surface area (Å²) < 4.78 is 6.31. The Balaban J connectivity index is 1.51. The van der Waals surface area contributed by atoms with Crippen LogP contribution in [0.4, 0.5) is 4.79 Å². The molecular weight excluding hydrogens is 390 g/mol. The summed E-state index contributed by atoms with van der Waals surface area (Å²) in [6, 6.07) is 22.7. The number of rotatable bonds is 6. The third-order valence-corrected chi connectivity index (χ3v) is 5.89. The van der Waals surface area contributed by atoms with E-state index in [-0.39, 0.29) is 18.6 Å². The van der Waals surface area contributed by atoms with Gasteiger partial charge in [0.15, 0.2) is 0 Å². The summed E-state index contributed by atoms with van der Waals surface area (Å²) in [5, 5.41) is 20.8. The summed E-state index contributed by atoms with van der Waals surface area (Å²) in [6.45, 7) is 1.32. The lowest BCUT2D eigenvalue weighted by molar-refractivity contribution is -0.0199. The number of aliphatic hydroxyl groups is 1. The number of likely N-dealkylation sites (tertiary alicyclic amines) is 1. The molecule has 5 heteroatoms. The predicted molar refractivity (Wildman–Crippen MR) is 122 cm³/mol. The van der Waals surface area contributed by atoms with Crippen LogP contribution in [-0.4, -0.2) is 47.0 Å². The van der Waals surface area contributed by atoms with Crippen LogP contribution in [0.25, 0.3) is 16.8 Å². The quantitative estimate of drug-likeness (QED) is 0.599. The van der Waals surface area contributed by atoms with Crippen LogP contribution in [0.2, 0.25) is 0 Å². The smallest absolute Gasteiger partial charge is 0.407 e. The number of piperidine rings is 1. The van der Waals surface area contributed by atoms with Crippen molar-refractivity contribution in [1.29, 1.82) is 0 Å². The molecule has 4 rings (SSSR count). The number of hydrogen-bond acceptors (Lipinski definition) is 3. The van der Waals surface area contributed by atoms with Gasteiger partial charge in [-0.25, -0.2) is 4.79 Å². The van der Waals surface area contributed by atoms with E-state index >= 15 is 0 Å². The molecule has 2 atom stereocenters. The third kappa shape index (κ3) is 5.13. The first-order chi connectivity index (χ1) is 15.1. The van der Waals surface area contributed by atoms with Gasteiger partial charge in [-0.05, 0) is 39.9 Å². The van der Waals surface area contributed by atoms with Crippen molar-refractivity contribution in [2.75, 3.05) is 19.7 Å². The summed E-state index contributed by atoms with van der Waals surface area (Å²) in [5.74, 6) is 0.131. The molecule has 0 aliphatic carbocycles. The lowest BCUT2D eigenvalue weighted by atomic mass is 9.86. The minimum atomic E-state index is -0.901. The van der Waals surface area contributed by atoms with Crippen molar-refractivity contribution in [1.82, 2.24) is 4.90 Å². The molecular formula is C26H27NO4. The molecule has 0 bridgehead atoms. The lowest BCUT2D eigenvalue weighted by Gasteiger charge is -2.37. The van der Waals surface area contributed by atoms with Gasteiger partial charge in [-0.3, -0.25) is 0 Å². The average molecular weight is 418 g/mol. The van der Waals surface area contributed by atoms with Gasteiger partial charge in [0.05, 0.1) is 25.9 Å². The zero-order chi connectivity index (χ0) is 21.6. The molecule has 2 N–H and O–H groups in total. The van der Waals surface area contributed by atoms with Crippen molar-refractivity contribution in [3.63, 3.8) is 0 Å². The van der Waals surface area contributed by atoms with Gasteiger partial charge in [0.2, 0.25) is 0 Å². The molecule has 3 aromatic rings. The fourth-order valence-corrected chi connectivity index (χ4v) is 4.22. The molecule has 3 aromatic carbocycles. The Morgan fingerprint density at radius 2 is 1.84 bits per heavy atom. The number of carboxylic acid groups (broad SMARTS) is 1. The van der Waals surface area contributed by atoms with Crippen molar-refractivity contribution in [2.45, 2.75) is 25.0 Å². The van der Waals surface area contributed by atoms with Crippen LogP contribution in [0.5, 0.6) is 0 Å². The summed E-state index contributed by atoms with van der Waals surface area (Å²) in [4.78, 5) is 13.0. The molecule has 1 aliphatic rings. The Labute approximate surface area is 182 Å². The van der Waals surface area contributed by atoms with E-state index in [1.807, 2.05) is 30.3 Å².